The van der Waals surface area contributed by atoms with E-state index in [1.165, 1.54) is 35.6 Å². The first-order valence-electron chi connectivity index (χ1n) is 8.71. The summed E-state index contributed by atoms with van der Waals surface area (Å²) in [5.41, 5.74) is 1.04. The van der Waals surface area contributed by atoms with Gasteiger partial charge in [0, 0.05) is 29.6 Å². The second-order valence-electron chi connectivity index (χ2n) is 6.87. The lowest BCUT2D eigenvalue weighted by Gasteiger charge is -2.26. The maximum absolute atomic E-state index is 10.5. The molecular weight excluding hydrogens is 304 g/mol. The normalized spacial score (nSPS) is 23.3. The summed E-state index contributed by atoms with van der Waals surface area (Å²) in [6.45, 7) is 2.14. The predicted octanol–water partition coefficient (Wildman–Crippen LogP) is 4.11. The van der Waals surface area contributed by atoms with E-state index in [0.717, 1.165) is 31.0 Å². The van der Waals surface area contributed by atoms with Gasteiger partial charge in [0.05, 0.1) is 11.1 Å². The summed E-state index contributed by atoms with van der Waals surface area (Å²) in [6, 6.07) is 10.5. The molecule has 122 valence electrons. The van der Waals surface area contributed by atoms with Gasteiger partial charge in [-0.2, -0.15) is 0 Å². The van der Waals surface area contributed by atoms with Crippen molar-refractivity contribution in [2.24, 2.45) is 0 Å². The Morgan fingerprint density at radius 3 is 2.83 bits per heavy atom. The Hall–Kier alpha value is -1.23. The summed E-state index contributed by atoms with van der Waals surface area (Å²) in [5.74, 6) is 0.753. The average molecular weight is 328 g/mol. The van der Waals surface area contributed by atoms with Crippen LogP contribution in [0.2, 0.25) is 0 Å². The van der Waals surface area contributed by atoms with Crippen LogP contribution in [0.3, 0.4) is 0 Å². The van der Waals surface area contributed by atoms with E-state index in [2.05, 4.69) is 16.1 Å². The fraction of sp³-hybridized carbons (Fsp3) is 0.526. The highest BCUT2D eigenvalue weighted by atomic mass is 32.1. The van der Waals surface area contributed by atoms with E-state index in [4.69, 9.17) is 0 Å². The summed E-state index contributed by atoms with van der Waals surface area (Å²) in [5, 5.41) is 11.8. The minimum absolute atomic E-state index is 0.356. The third kappa shape index (κ3) is 3.65. The molecule has 1 aromatic carbocycles. The minimum Gasteiger partial charge on any atom is -0.388 e. The molecule has 1 aliphatic carbocycles. The Morgan fingerprint density at radius 2 is 2.04 bits per heavy atom. The van der Waals surface area contributed by atoms with Gasteiger partial charge in [-0.3, -0.25) is 4.90 Å². The van der Waals surface area contributed by atoms with Crippen molar-refractivity contribution in [2.45, 2.75) is 56.7 Å². The van der Waals surface area contributed by atoms with E-state index >= 15 is 0 Å². The zero-order valence-electron chi connectivity index (χ0n) is 13.4. The van der Waals surface area contributed by atoms with Crippen LogP contribution in [-0.4, -0.2) is 27.6 Å². The standard InChI is InChI=1S/C19H24N2OS/c22-18(14-5-2-1-3-6-14)11-16-7-4-10-21(16)13-17-12-20-19(23-17)15-8-9-15/h1-3,5-6,12,15-16,18,22H,4,7-11,13H2. The van der Waals surface area contributed by atoms with Crippen LogP contribution in [0.15, 0.2) is 36.5 Å². The number of benzene rings is 1. The number of rotatable bonds is 6. The Kier molecular flexibility index (Phi) is 4.47. The summed E-state index contributed by atoms with van der Waals surface area (Å²) in [4.78, 5) is 8.52. The molecule has 1 aliphatic heterocycles. The van der Waals surface area contributed by atoms with Crippen LogP contribution in [-0.2, 0) is 6.54 Å². The number of aliphatic hydroxyl groups excluding tert-OH is 1. The van der Waals surface area contributed by atoms with Crippen molar-refractivity contribution in [1.82, 2.24) is 9.88 Å². The topological polar surface area (TPSA) is 36.4 Å². The third-order valence-corrected chi connectivity index (χ3v) is 6.18. The molecule has 1 N–H and O–H groups in total. The van der Waals surface area contributed by atoms with Crippen LogP contribution < -0.4 is 0 Å². The van der Waals surface area contributed by atoms with Crippen molar-refractivity contribution in [3.8, 4) is 0 Å². The molecule has 2 unspecified atom stereocenters. The summed E-state index contributed by atoms with van der Waals surface area (Å²) in [7, 11) is 0. The van der Waals surface area contributed by atoms with Crippen LogP contribution in [0, 0.1) is 0 Å². The van der Waals surface area contributed by atoms with E-state index in [1.807, 2.05) is 41.7 Å². The highest BCUT2D eigenvalue weighted by molar-refractivity contribution is 7.11. The SMILES string of the molecule is OC(CC1CCCN1Cc1cnc(C2CC2)s1)c1ccccc1. The highest BCUT2D eigenvalue weighted by Gasteiger charge is 2.29. The molecule has 1 aromatic heterocycles. The van der Waals surface area contributed by atoms with Gasteiger partial charge in [0.1, 0.15) is 0 Å². The molecule has 23 heavy (non-hydrogen) atoms. The Balaban J connectivity index is 1.37. The lowest BCUT2D eigenvalue weighted by molar-refractivity contribution is 0.118. The Labute approximate surface area is 142 Å². The van der Waals surface area contributed by atoms with Crippen molar-refractivity contribution in [3.63, 3.8) is 0 Å². The van der Waals surface area contributed by atoms with Crippen LogP contribution in [0.5, 0.6) is 0 Å². The fourth-order valence-electron chi connectivity index (χ4n) is 3.55. The van der Waals surface area contributed by atoms with Gasteiger partial charge in [0.2, 0.25) is 0 Å². The zero-order chi connectivity index (χ0) is 15.6. The van der Waals surface area contributed by atoms with Gasteiger partial charge in [0.15, 0.2) is 0 Å². The van der Waals surface area contributed by atoms with Crippen molar-refractivity contribution >= 4 is 11.3 Å². The lowest BCUT2D eigenvalue weighted by atomic mass is 10.0. The molecule has 2 aromatic rings. The second kappa shape index (κ2) is 6.71. The molecule has 4 rings (SSSR count). The van der Waals surface area contributed by atoms with E-state index < -0.39 is 0 Å². The summed E-state index contributed by atoms with van der Waals surface area (Å²) < 4.78 is 0. The molecule has 2 aliphatic rings. The minimum atomic E-state index is -0.356. The third-order valence-electron chi connectivity index (χ3n) is 5.04. The van der Waals surface area contributed by atoms with Crippen LogP contribution in [0.4, 0.5) is 0 Å². The zero-order valence-corrected chi connectivity index (χ0v) is 14.2. The predicted molar refractivity (Wildman–Crippen MR) is 93.5 cm³/mol. The second-order valence-corrected chi connectivity index (χ2v) is 8.01. The van der Waals surface area contributed by atoms with Crippen LogP contribution in [0.25, 0.3) is 0 Å². The summed E-state index contributed by atoms with van der Waals surface area (Å²) in [6.07, 6.45) is 7.62. The largest absolute Gasteiger partial charge is 0.388 e. The number of likely N-dealkylation sites (tertiary alicyclic amines) is 1. The van der Waals surface area contributed by atoms with Gasteiger partial charge < -0.3 is 5.11 Å². The smallest absolute Gasteiger partial charge is 0.0959 e. The molecule has 4 heteroatoms. The fourth-order valence-corrected chi connectivity index (χ4v) is 4.67. The number of nitrogens with zero attached hydrogens (tertiary/aromatic N) is 2. The molecule has 1 saturated carbocycles. The van der Waals surface area contributed by atoms with Crippen molar-refractivity contribution < 1.29 is 5.11 Å². The van der Waals surface area contributed by atoms with Crippen LogP contribution >= 0.6 is 11.3 Å². The van der Waals surface area contributed by atoms with E-state index in [1.54, 1.807) is 0 Å². The molecule has 0 spiro atoms. The molecule has 3 nitrogen and oxygen atoms in total. The van der Waals surface area contributed by atoms with E-state index in [0.29, 0.717) is 6.04 Å². The molecular formula is C19H24N2OS. The molecule has 2 atom stereocenters. The average Bonchev–Trinajstić information content (AvgIpc) is 3.18. The number of hydrogen-bond acceptors (Lipinski definition) is 4. The Morgan fingerprint density at radius 1 is 1.22 bits per heavy atom. The quantitative estimate of drug-likeness (QED) is 0.867. The molecule has 0 radical (unpaired) electrons. The van der Waals surface area contributed by atoms with Gasteiger partial charge in [-0.15, -0.1) is 11.3 Å². The number of aromatic nitrogens is 1. The maximum Gasteiger partial charge on any atom is 0.0959 e. The molecule has 2 heterocycles. The van der Waals surface area contributed by atoms with Crippen molar-refractivity contribution in [2.75, 3.05) is 6.54 Å². The van der Waals surface area contributed by atoms with Crippen LogP contribution in [0.1, 0.15) is 59.6 Å². The number of aliphatic hydroxyl groups is 1. The Bertz CT molecular complexity index is 638. The first-order valence-corrected chi connectivity index (χ1v) is 9.53. The van der Waals surface area contributed by atoms with Gasteiger partial charge in [-0.25, -0.2) is 4.98 Å². The van der Waals surface area contributed by atoms with E-state index in [9.17, 15) is 5.11 Å². The maximum atomic E-state index is 10.5. The van der Waals surface area contributed by atoms with Gasteiger partial charge in [0.25, 0.3) is 0 Å². The van der Waals surface area contributed by atoms with Gasteiger partial charge in [-0.05, 0) is 44.2 Å². The first kappa shape index (κ1) is 15.3. The van der Waals surface area contributed by atoms with E-state index in [-0.39, 0.29) is 6.10 Å². The van der Waals surface area contributed by atoms with Gasteiger partial charge >= 0.3 is 0 Å². The molecule has 1 saturated heterocycles. The lowest BCUT2D eigenvalue weighted by Crippen LogP contribution is -2.30. The number of thiazole rings is 1. The highest BCUT2D eigenvalue weighted by Crippen LogP contribution is 2.42. The monoisotopic (exact) mass is 328 g/mol. The first-order chi connectivity index (χ1) is 11.3. The summed E-state index contributed by atoms with van der Waals surface area (Å²) >= 11 is 1.89. The molecule has 0 bridgehead atoms. The van der Waals surface area contributed by atoms with Crippen molar-refractivity contribution in [1.29, 1.82) is 0 Å². The van der Waals surface area contributed by atoms with Crippen molar-refractivity contribution in [3.05, 3.63) is 52.0 Å². The molecule has 2 fully saturated rings. The van der Waals surface area contributed by atoms with Gasteiger partial charge in [-0.1, -0.05) is 30.3 Å². The number of hydrogen-bond donors (Lipinski definition) is 1. The molecule has 0 amide bonds.